The summed E-state index contributed by atoms with van der Waals surface area (Å²) in [7, 11) is 0. The van der Waals surface area contributed by atoms with Gasteiger partial charge in [-0.15, -0.1) is 0 Å². The maximum absolute atomic E-state index is 13.9. The quantitative estimate of drug-likeness (QED) is 0.417. The second-order valence-corrected chi connectivity index (χ2v) is 10.2. The van der Waals surface area contributed by atoms with Gasteiger partial charge in [0.1, 0.15) is 11.6 Å². The number of pyridine rings is 1. The molecule has 2 aliphatic carbocycles. The third kappa shape index (κ3) is 4.05. The number of carbonyl (C=O) groups is 1. The fourth-order valence-electron chi connectivity index (χ4n) is 5.87. The summed E-state index contributed by atoms with van der Waals surface area (Å²) in [5.74, 6) is 1.27. The smallest absolute Gasteiger partial charge is 0.227 e. The Morgan fingerprint density at radius 1 is 1.06 bits per heavy atom. The van der Waals surface area contributed by atoms with E-state index in [2.05, 4.69) is 26.2 Å². The van der Waals surface area contributed by atoms with Crippen molar-refractivity contribution < 1.29 is 13.6 Å². The topological polar surface area (TPSA) is 42.0 Å². The number of anilines is 1. The molecule has 3 nitrogen and oxygen atoms in total. The highest BCUT2D eigenvalue weighted by atomic mass is 79.9. The van der Waals surface area contributed by atoms with E-state index in [0.717, 1.165) is 36.6 Å². The molecule has 2 aromatic carbocycles. The SMILES string of the molecule is CC(C(=O)Nc1ccc(F)c(Br)c1)[C@@H]1CC2CC(c3ccnc4ccc(F)cc34)C[C@@H]2C1. The standard InChI is InChI=1S/C26H25BrF2N2O/c1-14(26(32)31-20-3-4-24(29)23(27)13-20)15-8-16-10-18(11-17(16)9-15)21-6-7-30-25-5-2-19(28)12-22(21)25/h2-7,12-18H,8-11H2,1H3,(H,31,32)/t14?,15-,16-,17?,18?/m0/s1. The zero-order valence-corrected chi connectivity index (χ0v) is 19.4. The fourth-order valence-corrected chi connectivity index (χ4v) is 6.24. The molecular weight excluding hydrogens is 474 g/mol. The molecule has 2 fully saturated rings. The Morgan fingerprint density at radius 3 is 2.53 bits per heavy atom. The Hall–Kier alpha value is -2.34. The minimum absolute atomic E-state index is 0.0133. The van der Waals surface area contributed by atoms with Crippen LogP contribution in [-0.2, 0) is 4.79 Å². The number of benzene rings is 2. The normalized spacial score (nSPS) is 25.6. The van der Waals surface area contributed by atoms with Gasteiger partial charge in [0.25, 0.3) is 0 Å². The van der Waals surface area contributed by atoms with Crippen molar-refractivity contribution in [1.29, 1.82) is 0 Å². The van der Waals surface area contributed by atoms with Crippen LogP contribution in [0.2, 0.25) is 0 Å². The lowest BCUT2D eigenvalue weighted by molar-refractivity contribution is -0.120. The molecule has 1 N–H and O–H groups in total. The number of amides is 1. The molecule has 3 unspecified atom stereocenters. The summed E-state index contributed by atoms with van der Waals surface area (Å²) in [6.45, 7) is 2.00. The molecular formula is C26H25BrF2N2O. The third-order valence-electron chi connectivity index (χ3n) is 7.54. The van der Waals surface area contributed by atoms with Crippen LogP contribution < -0.4 is 5.32 Å². The Labute approximate surface area is 194 Å². The number of hydrogen-bond acceptors (Lipinski definition) is 2. The van der Waals surface area contributed by atoms with Gasteiger partial charge in [0, 0.05) is 23.2 Å². The van der Waals surface area contributed by atoms with Gasteiger partial charge in [0.05, 0.1) is 9.99 Å². The lowest BCUT2D eigenvalue weighted by atomic mass is 9.86. The van der Waals surface area contributed by atoms with Crippen LogP contribution in [0.3, 0.4) is 0 Å². The van der Waals surface area contributed by atoms with Crippen molar-refractivity contribution in [3.63, 3.8) is 0 Å². The lowest BCUT2D eigenvalue weighted by Crippen LogP contribution is -2.26. The van der Waals surface area contributed by atoms with Crippen LogP contribution in [0.1, 0.15) is 44.1 Å². The van der Waals surface area contributed by atoms with Gasteiger partial charge < -0.3 is 5.32 Å². The molecule has 0 aliphatic heterocycles. The van der Waals surface area contributed by atoms with E-state index in [4.69, 9.17) is 0 Å². The summed E-state index contributed by atoms with van der Waals surface area (Å²) >= 11 is 3.16. The Morgan fingerprint density at radius 2 is 1.81 bits per heavy atom. The zero-order chi connectivity index (χ0) is 22.4. The van der Waals surface area contributed by atoms with Crippen LogP contribution in [0, 0.1) is 35.3 Å². The second-order valence-electron chi connectivity index (χ2n) is 9.39. The number of aromatic nitrogens is 1. The number of nitrogens with zero attached hydrogens (tertiary/aromatic N) is 1. The van der Waals surface area contributed by atoms with Crippen molar-refractivity contribution in [2.45, 2.75) is 38.5 Å². The number of halogens is 3. The number of nitrogens with one attached hydrogen (secondary N) is 1. The minimum Gasteiger partial charge on any atom is -0.326 e. The van der Waals surface area contributed by atoms with E-state index >= 15 is 0 Å². The molecule has 2 aliphatic rings. The fraction of sp³-hybridized carbons (Fsp3) is 0.385. The molecule has 6 heteroatoms. The summed E-state index contributed by atoms with van der Waals surface area (Å²) in [5, 5.41) is 3.86. The zero-order valence-electron chi connectivity index (χ0n) is 17.8. The van der Waals surface area contributed by atoms with Crippen LogP contribution in [0.4, 0.5) is 14.5 Å². The van der Waals surface area contributed by atoms with E-state index in [1.807, 2.05) is 19.2 Å². The first-order valence-corrected chi connectivity index (χ1v) is 12.0. The Bertz CT molecular complexity index is 1170. The molecule has 166 valence electrons. The summed E-state index contributed by atoms with van der Waals surface area (Å²) in [6.07, 6.45) is 6.07. The van der Waals surface area contributed by atoms with Gasteiger partial charge in [-0.2, -0.15) is 0 Å². The van der Waals surface area contributed by atoms with Gasteiger partial charge >= 0.3 is 0 Å². The van der Waals surface area contributed by atoms with Gasteiger partial charge in [0.2, 0.25) is 5.91 Å². The van der Waals surface area contributed by atoms with E-state index in [9.17, 15) is 13.6 Å². The molecule has 0 radical (unpaired) electrons. The van der Waals surface area contributed by atoms with E-state index in [0.29, 0.717) is 33.8 Å². The van der Waals surface area contributed by atoms with Crippen LogP contribution >= 0.6 is 15.9 Å². The van der Waals surface area contributed by atoms with Crippen LogP contribution in [-0.4, -0.2) is 10.9 Å². The van der Waals surface area contributed by atoms with Gasteiger partial charge in [-0.3, -0.25) is 9.78 Å². The highest BCUT2D eigenvalue weighted by molar-refractivity contribution is 9.10. The van der Waals surface area contributed by atoms with Crippen LogP contribution in [0.5, 0.6) is 0 Å². The van der Waals surface area contributed by atoms with E-state index in [-0.39, 0.29) is 23.5 Å². The summed E-state index contributed by atoms with van der Waals surface area (Å²) in [5.41, 5.74) is 2.65. The first kappa shape index (κ1) is 21.5. The lowest BCUT2D eigenvalue weighted by Gasteiger charge is -2.21. The molecule has 2 saturated carbocycles. The molecule has 5 atom stereocenters. The van der Waals surface area contributed by atoms with Gasteiger partial charge in [-0.25, -0.2) is 8.78 Å². The monoisotopic (exact) mass is 498 g/mol. The number of rotatable bonds is 4. The average molecular weight is 499 g/mol. The first-order chi connectivity index (χ1) is 15.4. The molecule has 0 bridgehead atoms. The van der Waals surface area contributed by atoms with E-state index in [1.54, 1.807) is 24.3 Å². The summed E-state index contributed by atoms with van der Waals surface area (Å²) in [6, 6.07) is 11.4. The number of hydrogen-bond donors (Lipinski definition) is 1. The molecule has 3 aromatic rings. The van der Waals surface area contributed by atoms with Crippen molar-refractivity contribution in [2.24, 2.45) is 23.7 Å². The predicted molar refractivity (Wildman–Crippen MR) is 125 cm³/mol. The molecule has 5 rings (SSSR count). The van der Waals surface area contributed by atoms with E-state index < -0.39 is 0 Å². The van der Waals surface area contributed by atoms with Crippen molar-refractivity contribution in [1.82, 2.24) is 4.98 Å². The molecule has 1 aromatic heterocycles. The van der Waals surface area contributed by atoms with Crippen LogP contribution in [0.25, 0.3) is 10.9 Å². The Balaban J connectivity index is 1.24. The minimum atomic E-state index is -0.348. The third-order valence-corrected chi connectivity index (χ3v) is 8.14. The first-order valence-electron chi connectivity index (χ1n) is 11.2. The maximum Gasteiger partial charge on any atom is 0.227 e. The summed E-state index contributed by atoms with van der Waals surface area (Å²) < 4.78 is 27.7. The number of fused-ring (bicyclic) bond motifs is 2. The highest BCUT2D eigenvalue weighted by Crippen LogP contribution is 2.54. The largest absolute Gasteiger partial charge is 0.326 e. The van der Waals surface area contributed by atoms with E-state index in [1.165, 1.54) is 17.7 Å². The van der Waals surface area contributed by atoms with Gasteiger partial charge in [-0.05, 0) is 113 Å². The molecule has 32 heavy (non-hydrogen) atoms. The highest BCUT2D eigenvalue weighted by Gasteiger charge is 2.44. The molecule has 1 amide bonds. The van der Waals surface area contributed by atoms with Gasteiger partial charge in [0.15, 0.2) is 0 Å². The van der Waals surface area contributed by atoms with Crippen molar-refractivity contribution in [2.75, 3.05) is 5.32 Å². The van der Waals surface area contributed by atoms with Crippen molar-refractivity contribution in [3.05, 3.63) is 70.3 Å². The maximum atomic E-state index is 13.9. The number of carbonyl (C=O) groups excluding carboxylic acids is 1. The second kappa shape index (κ2) is 8.54. The Kier molecular flexibility index (Phi) is 5.74. The van der Waals surface area contributed by atoms with Gasteiger partial charge in [-0.1, -0.05) is 6.92 Å². The predicted octanol–water partition coefficient (Wildman–Crippen LogP) is 7.07. The average Bonchev–Trinajstić information content (AvgIpc) is 3.34. The summed E-state index contributed by atoms with van der Waals surface area (Å²) in [4.78, 5) is 17.2. The molecule has 1 heterocycles. The van der Waals surface area contributed by atoms with Crippen LogP contribution in [0.15, 0.2) is 53.1 Å². The molecule has 0 saturated heterocycles. The van der Waals surface area contributed by atoms with Crippen molar-refractivity contribution >= 4 is 38.4 Å². The van der Waals surface area contributed by atoms with Crippen molar-refractivity contribution in [3.8, 4) is 0 Å². The molecule has 0 spiro atoms.